The summed E-state index contributed by atoms with van der Waals surface area (Å²) in [7, 11) is 0. The first kappa shape index (κ1) is 10.9. The second-order valence-corrected chi connectivity index (χ2v) is 5.24. The van der Waals surface area contributed by atoms with E-state index in [4.69, 9.17) is 0 Å². The Morgan fingerprint density at radius 2 is 2.20 bits per heavy atom. The summed E-state index contributed by atoms with van der Waals surface area (Å²) >= 11 is 0. The molecule has 1 heterocycles. The van der Waals surface area contributed by atoms with Crippen molar-refractivity contribution < 1.29 is 4.79 Å². The zero-order valence-corrected chi connectivity index (χ0v) is 9.83. The van der Waals surface area contributed by atoms with Crippen molar-refractivity contribution in [1.82, 2.24) is 10.2 Å². The maximum absolute atomic E-state index is 11.6. The topological polar surface area (TPSA) is 32.3 Å². The summed E-state index contributed by atoms with van der Waals surface area (Å²) in [6.07, 6.45) is 5.57. The summed E-state index contributed by atoms with van der Waals surface area (Å²) in [5, 5.41) is 3.20. The molecule has 0 bridgehead atoms. The number of carbonyl (C=O) groups is 1. The Morgan fingerprint density at radius 3 is 2.80 bits per heavy atom. The molecule has 0 aromatic carbocycles. The second-order valence-electron chi connectivity index (χ2n) is 5.24. The minimum Gasteiger partial charge on any atom is -0.326 e. The third kappa shape index (κ3) is 2.51. The average Bonchev–Trinajstić information content (AvgIpc) is 2.50. The predicted octanol–water partition coefficient (Wildman–Crippen LogP) is 1.59. The van der Waals surface area contributed by atoms with E-state index >= 15 is 0 Å². The first-order valence-corrected chi connectivity index (χ1v) is 6.19. The smallest absolute Gasteiger partial charge is 0.237 e. The summed E-state index contributed by atoms with van der Waals surface area (Å²) in [4.78, 5) is 13.6. The molecule has 2 fully saturated rings. The van der Waals surface area contributed by atoms with E-state index < -0.39 is 0 Å². The Kier molecular flexibility index (Phi) is 3.29. The molecule has 3 nitrogen and oxygen atoms in total. The van der Waals surface area contributed by atoms with Gasteiger partial charge in [-0.25, -0.2) is 0 Å². The van der Waals surface area contributed by atoms with Gasteiger partial charge in [-0.3, -0.25) is 10.1 Å². The maximum atomic E-state index is 11.6. The minimum atomic E-state index is 0.245. The molecule has 0 aromatic rings. The normalized spacial score (nSPS) is 37.3. The zero-order valence-electron chi connectivity index (χ0n) is 9.83. The van der Waals surface area contributed by atoms with Gasteiger partial charge in [0.25, 0.3) is 0 Å². The van der Waals surface area contributed by atoms with Gasteiger partial charge in [0.1, 0.15) is 0 Å². The van der Waals surface area contributed by atoms with Gasteiger partial charge in [0, 0.05) is 6.54 Å². The molecule has 0 aromatic heterocycles. The van der Waals surface area contributed by atoms with Gasteiger partial charge >= 0.3 is 0 Å². The highest BCUT2D eigenvalue weighted by atomic mass is 16.2. The van der Waals surface area contributed by atoms with Crippen molar-refractivity contribution in [3.8, 4) is 0 Å². The highest BCUT2D eigenvalue weighted by Gasteiger charge is 2.30. The molecule has 1 aliphatic heterocycles. The van der Waals surface area contributed by atoms with Crippen molar-refractivity contribution in [2.45, 2.75) is 45.7 Å². The Bertz CT molecular complexity index is 242. The van der Waals surface area contributed by atoms with Gasteiger partial charge in [-0.05, 0) is 31.6 Å². The fraction of sp³-hybridized carbons (Fsp3) is 0.917. The molecule has 3 heteroatoms. The lowest BCUT2D eigenvalue weighted by molar-refractivity contribution is -0.128. The molecular formula is C12H22N2O. The van der Waals surface area contributed by atoms with Gasteiger partial charge in [-0.2, -0.15) is 0 Å². The molecule has 1 saturated carbocycles. The van der Waals surface area contributed by atoms with Crippen LogP contribution >= 0.6 is 0 Å². The highest BCUT2D eigenvalue weighted by molar-refractivity contribution is 5.80. The van der Waals surface area contributed by atoms with E-state index in [2.05, 4.69) is 19.2 Å². The van der Waals surface area contributed by atoms with Crippen molar-refractivity contribution in [1.29, 1.82) is 0 Å². The summed E-state index contributed by atoms with van der Waals surface area (Å²) < 4.78 is 0. The number of amides is 1. The summed E-state index contributed by atoms with van der Waals surface area (Å²) in [5.74, 6) is 1.87. The molecule has 1 aliphatic carbocycles. The average molecular weight is 210 g/mol. The Balaban J connectivity index is 1.87. The first-order chi connectivity index (χ1) is 7.16. The monoisotopic (exact) mass is 210 g/mol. The summed E-state index contributed by atoms with van der Waals surface area (Å²) in [5.41, 5.74) is 0. The lowest BCUT2D eigenvalue weighted by atomic mass is 9.82. The maximum Gasteiger partial charge on any atom is 0.237 e. The van der Waals surface area contributed by atoms with Crippen molar-refractivity contribution in [2.75, 3.05) is 13.1 Å². The lowest BCUT2D eigenvalue weighted by Crippen LogP contribution is -2.39. The molecule has 86 valence electrons. The van der Waals surface area contributed by atoms with Crippen molar-refractivity contribution in [2.24, 2.45) is 11.8 Å². The van der Waals surface area contributed by atoms with Crippen LogP contribution in [0, 0.1) is 11.8 Å². The number of nitrogens with one attached hydrogen (secondary N) is 1. The molecular weight excluding hydrogens is 188 g/mol. The highest BCUT2D eigenvalue weighted by Crippen LogP contribution is 2.29. The summed E-state index contributed by atoms with van der Waals surface area (Å²) in [6.45, 7) is 5.91. The molecule has 3 unspecified atom stereocenters. The van der Waals surface area contributed by atoms with Crippen molar-refractivity contribution in [3.63, 3.8) is 0 Å². The zero-order chi connectivity index (χ0) is 10.8. The van der Waals surface area contributed by atoms with Crippen LogP contribution in [0.1, 0.15) is 39.5 Å². The van der Waals surface area contributed by atoms with Crippen molar-refractivity contribution in [3.05, 3.63) is 0 Å². The van der Waals surface area contributed by atoms with Crippen LogP contribution in [0.5, 0.6) is 0 Å². The Morgan fingerprint density at radius 1 is 1.40 bits per heavy atom. The van der Waals surface area contributed by atoms with Crippen LogP contribution in [-0.2, 0) is 4.79 Å². The van der Waals surface area contributed by atoms with Crippen LogP contribution in [0.4, 0.5) is 0 Å². The van der Waals surface area contributed by atoms with Gasteiger partial charge < -0.3 is 4.90 Å². The fourth-order valence-corrected chi connectivity index (χ4v) is 2.93. The van der Waals surface area contributed by atoms with Gasteiger partial charge in [-0.1, -0.05) is 19.8 Å². The van der Waals surface area contributed by atoms with Crippen LogP contribution in [-0.4, -0.2) is 30.1 Å². The molecule has 1 saturated heterocycles. The van der Waals surface area contributed by atoms with E-state index in [0.717, 1.165) is 18.4 Å². The lowest BCUT2D eigenvalue weighted by Gasteiger charge is -2.31. The molecule has 1 N–H and O–H groups in total. The fourth-order valence-electron chi connectivity index (χ4n) is 2.93. The first-order valence-electron chi connectivity index (χ1n) is 6.19. The number of carbonyl (C=O) groups excluding carboxylic acids is 1. The van der Waals surface area contributed by atoms with Crippen molar-refractivity contribution >= 4 is 5.91 Å². The van der Waals surface area contributed by atoms with Gasteiger partial charge in [-0.15, -0.1) is 0 Å². The number of hydrogen-bond acceptors (Lipinski definition) is 2. The molecule has 0 radical (unpaired) electrons. The minimum absolute atomic E-state index is 0.245. The van der Waals surface area contributed by atoms with E-state index in [0.29, 0.717) is 6.54 Å². The molecule has 1 amide bonds. The third-order valence-corrected chi connectivity index (χ3v) is 3.84. The Hall–Kier alpha value is -0.570. The SMILES string of the molecule is CC1CCCC(CN2C(=O)CNC2C)C1. The molecule has 3 atom stereocenters. The summed E-state index contributed by atoms with van der Waals surface area (Å²) in [6, 6.07) is 0. The van der Waals surface area contributed by atoms with E-state index in [1.807, 2.05) is 4.90 Å². The van der Waals surface area contributed by atoms with Crippen LogP contribution in [0.3, 0.4) is 0 Å². The van der Waals surface area contributed by atoms with Gasteiger partial charge in [0.2, 0.25) is 5.91 Å². The second kappa shape index (κ2) is 4.52. The van der Waals surface area contributed by atoms with Crippen LogP contribution in [0.25, 0.3) is 0 Å². The van der Waals surface area contributed by atoms with E-state index in [9.17, 15) is 4.79 Å². The predicted molar refractivity (Wildman–Crippen MR) is 60.3 cm³/mol. The van der Waals surface area contributed by atoms with E-state index in [-0.39, 0.29) is 12.1 Å². The number of hydrogen-bond donors (Lipinski definition) is 1. The molecule has 2 aliphatic rings. The van der Waals surface area contributed by atoms with Crippen LogP contribution < -0.4 is 5.32 Å². The molecule has 15 heavy (non-hydrogen) atoms. The van der Waals surface area contributed by atoms with Gasteiger partial charge in [0.15, 0.2) is 0 Å². The van der Waals surface area contributed by atoms with Crippen LogP contribution in [0.2, 0.25) is 0 Å². The number of rotatable bonds is 2. The standard InChI is InChI=1S/C12H22N2O/c1-9-4-3-5-11(6-9)8-14-10(2)13-7-12(14)15/h9-11,13H,3-8H2,1-2H3. The molecule has 0 spiro atoms. The number of nitrogens with zero attached hydrogens (tertiary/aromatic N) is 1. The largest absolute Gasteiger partial charge is 0.326 e. The van der Waals surface area contributed by atoms with Crippen LogP contribution in [0.15, 0.2) is 0 Å². The van der Waals surface area contributed by atoms with Gasteiger partial charge in [0.05, 0.1) is 12.7 Å². The molecule has 2 rings (SSSR count). The Labute approximate surface area is 92.2 Å². The van der Waals surface area contributed by atoms with E-state index in [1.165, 1.54) is 25.7 Å². The quantitative estimate of drug-likeness (QED) is 0.750. The van der Waals surface area contributed by atoms with E-state index in [1.54, 1.807) is 0 Å². The third-order valence-electron chi connectivity index (χ3n) is 3.84.